The highest BCUT2D eigenvalue weighted by Gasteiger charge is 2.32. The number of rotatable bonds is 4. The van der Waals surface area contributed by atoms with E-state index in [9.17, 15) is 4.39 Å². The number of nitrogens with two attached hydrogens (primary N) is 1. The summed E-state index contributed by atoms with van der Waals surface area (Å²) in [6, 6.07) is 17.7. The Morgan fingerprint density at radius 2 is 1.69 bits per heavy atom. The number of aromatic nitrogens is 4. The van der Waals surface area contributed by atoms with Gasteiger partial charge in [0.15, 0.2) is 11.6 Å². The van der Waals surface area contributed by atoms with Crippen molar-refractivity contribution in [3.05, 3.63) is 78.5 Å². The number of aromatic amines is 1. The minimum absolute atomic E-state index is 0.319. The Balaban J connectivity index is 1.58. The van der Waals surface area contributed by atoms with E-state index in [1.165, 1.54) is 12.1 Å². The lowest BCUT2D eigenvalue weighted by atomic mass is 10.1. The van der Waals surface area contributed by atoms with Gasteiger partial charge in [-0.25, -0.2) is 19.3 Å². The molecule has 0 radical (unpaired) electrons. The lowest BCUT2D eigenvalue weighted by Crippen LogP contribution is -2.50. The first-order chi connectivity index (χ1) is 15.5. The number of nitrogens with one attached hydrogen (secondary N) is 1. The number of halogens is 1. The number of hydrogen-bond acceptors (Lipinski definition) is 6. The second-order valence-corrected chi connectivity index (χ2v) is 8.09. The number of benzene rings is 2. The summed E-state index contributed by atoms with van der Waals surface area (Å²) in [5.41, 5.74) is 9.11. The zero-order valence-corrected chi connectivity index (χ0v) is 17.5. The fourth-order valence-corrected chi connectivity index (χ4v) is 3.51. The van der Waals surface area contributed by atoms with Gasteiger partial charge in [0.05, 0.1) is 35.8 Å². The van der Waals surface area contributed by atoms with Crippen LogP contribution in [0.4, 0.5) is 4.39 Å². The van der Waals surface area contributed by atoms with Crippen molar-refractivity contribution in [1.82, 2.24) is 19.9 Å². The summed E-state index contributed by atoms with van der Waals surface area (Å²) in [6.45, 7) is 2.54. The number of imidazole rings is 1. The molecule has 0 bridgehead atoms. The van der Waals surface area contributed by atoms with Gasteiger partial charge in [0, 0.05) is 17.3 Å². The molecule has 32 heavy (non-hydrogen) atoms. The van der Waals surface area contributed by atoms with Gasteiger partial charge in [0.1, 0.15) is 5.82 Å². The van der Waals surface area contributed by atoms with Gasteiger partial charge in [-0.3, -0.25) is 0 Å². The van der Waals surface area contributed by atoms with Crippen LogP contribution in [0.15, 0.2) is 66.9 Å². The highest BCUT2D eigenvalue weighted by molar-refractivity contribution is 5.77. The van der Waals surface area contributed by atoms with Crippen LogP contribution in [-0.2, 0) is 9.47 Å². The van der Waals surface area contributed by atoms with Crippen molar-refractivity contribution >= 4 is 0 Å². The van der Waals surface area contributed by atoms with Crippen molar-refractivity contribution in [2.45, 2.75) is 18.8 Å². The molecular formula is C24H22FN5O2. The molecule has 0 aliphatic carbocycles. The van der Waals surface area contributed by atoms with Crippen LogP contribution in [0.2, 0.25) is 0 Å². The molecule has 1 saturated heterocycles. The largest absolute Gasteiger partial charge is 0.344 e. The monoisotopic (exact) mass is 431 g/mol. The van der Waals surface area contributed by atoms with E-state index in [1.807, 2.05) is 37.3 Å². The van der Waals surface area contributed by atoms with Crippen LogP contribution in [-0.4, -0.2) is 38.7 Å². The molecule has 1 aliphatic heterocycles. The maximum absolute atomic E-state index is 13.5. The fourth-order valence-electron chi connectivity index (χ4n) is 3.51. The smallest absolute Gasteiger partial charge is 0.217 e. The van der Waals surface area contributed by atoms with Gasteiger partial charge in [-0.2, -0.15) is 0 Å². The Labute approximate surface area is 184 Å². The second-order valence-electron chi connectivity index (χ2n) is 8.09. The van der Waals surface area contributed by atoms with Crippen molar-refractivity contribution in [3.63, 3.8) is 0 Å². The van der Waals surface area contributed by atoms with Gasteiger partial charge in [-0.05, 0) is 37.3 Å². The van der Waals surface area contributed by atoms with Crippen LogP contribution in [0.3, 0.4) is 0 Å². The molecule has 5 rings (SSSR count). The van der Waals surface area contributed by atoms with Crippen LogP contribution in [0.5, 0.6) is 0 Å². The summed E-state index contributed by atoms with van der Waals surface area (Å²) in [7, 11) is 0. The molecule has 4 aromatic rings. The molecule has 1 aliphatic rings. The molecule has 162 valence electrons. The summed E-state index contributed by atoms with van der Waals surface area (Å²) in [6.07, 6.45) is 1.02. The third-order valence-electron chi connectivity index (χ3n) is 5.14. The van der Waals surface area contributed by atoms with E-state index in [1.54, 1.807) is 24.4 Å². The Kier molecular flexibility index (Phi) is 5.26. The Bertz CT molecular complexity index is 1210. The topological polar surface area (TPSA) is 98.9 Å². The third kappa shape index (κ3) is 4.16. The lowest BCUT2D eigenvalue weighted by Gasteiger charge is -2.33. The van der Waals surface area contributed by atoms with Crippen molar-refractivity contribution in [3.8, 4) is 34.0 Å². The lowest BCUT2D eigenvalue weighted by molar-refractivity contribution is -0.211. The molecule has 1 fully saturated rings. The molecule has 7 nitrogen and oxygen atoms in total. The van der Waals surface area contributed by atoms with Crippen molar-refractivity contribution in [1.29, 1.82) is 0 Å². The molecule has 2 aromatic carbocycles. The van der Waals surface area contributed by atoms with E-state index in [4.69, 9.17) is 25.2 Å². The molecule has 3 N–H and O–H groups in total. The van der Waals surface area contributed by atoms with Gasteiger partial charge >= 0.3 is 0 Å². The van der Waals surface area contributed by atoms with Crippen LogP contribution in [0, 0.1) is 5.82 Å². The van der Waals surface area contributed by atoms with E-state index in [0.717, 1.165) is 11.1 Å². The maximum atomic E-state index is 13.5. The molecule has 0 amide bonds. The number of ether oxygens (including phenoxy) is 2. The number of hydrogen-bond donors (Lipinski definition) is 2. The molecule has 8 heteroatoms. The average Bonchev–Trinajstić information content (AvgIpc) is 3.26. The Hall–Kier alpha value is -3.46. The summed E-state index contributed by atoms with van der Waals surface area (Å²) in [4.78, 5) is 17.2. The standard InChI is InChI=1S/C24H22FN5O2/c1-24(26)13-31-23(32-14-24)22-29-19(15-7-9-17(25)10-8-15)20(30-22)18-11-12-27-21(28-18)16-5-3-2-4-6-16/h2-12,23H,13-14,26H2,1H3,(H,29,30). The molecule has 0 unspecified atom stereocenters. The summed E-state index contributed by atoms with van der Waals surface area (Å²) >= 11 is 0. The van der Waals surface area contributed by atoms with Crippen molar-refractivity contribution < 1.29 is 13.9 Å². The van der Waals surface area contributed by atoms with E-state index < -0.39 is 11.8 Å². The predicted molar refractivity (Wildman–Crippen MR) is 118 cm³/mol. The molecular weight excluding hydrogens is 409 g/mol. The first-order valence-corrected chi connectivity index (χ1v) is 10.3. The highest BCUT2D eigenvalue weighted by atomic mass is 19.1. The van der Waals surface area contributed by atoms with Gasteiger partial charge in [0.2, 0.25) is 6.29 Å². The average molecular weight is 431 g/mol. The van der Waals surface area contributed by atoms with Gasteiger partial charge in [-0.1, -0.05) is 30.3 Å². The summed E-state index contributed by atoms with van der Waals surface area (Å²) < 4.78 is 25.1. The molecule has 0 atom stereocenters. The quantitative estimate of drug-likeness (QED) is 0.505. The third-order valence-corrected chi connectivity index (χ3v) is 5.14. The van der Waals surface area contributed by atoms with Gasteiger partial charge < -0.3 is 20.2 Å². The number of nitrogens with zero attached hydrogens (tertiary/aromatic N) is 3. The van der Waals surface area contributed by atoms with E-state index in [0.29, 0.717) is 41.9 Å². The second kappa shape index (κ2) is 8.23. The minimum Gasteiger partial charge on any atom is -0.344 e. The normalized spacial score (nSPS) is 20.9. The van der Waals surface area contributed by atoms with Crippen molar-refractivity contribution in [2.24, 2.45) is 5.73 Å². The highest BCUT2D eigenvalue weighted by Crippen LogP contribution is 2.33. The fraction of sp³-hybridized carbons (Fsp3) is 0.208. The Morgan fingerprint density at radius 3 is 2.41 bits per heavy atom. The zero-order chi connectivity index (χ0) is 22.1. The number of H-pyrrole nitrogens is 1. The molecule has 0 saturated carbocycles. The zero-order valence-electron chi connectivity index (χ0n) is 17.5. The van der Waals surface area contributed by atoms with Crippen molar-refractivity contribution in [2.75, 3.05) is 13.2 Å². The Morgan fingerprint density at radius 1 is 0.969 bits per heavy atom. The van der Waals surface area contributed by atoms with E-state index >= 15 is 0 Å². The van der Waals surface area contributed by atoms with Crippen LogP contribution in [0.1, 0.15) is 19.0 Å². The molecule has 3 heterocycles. The van der Waals surface area contributed by atoms with Crippen LogP contribution in [0.25, 0.3) is 34.0 Å². The van der Waals surface area contributed by atoms with Crippen LogP contribution >= 0.6 is 0 Å². The molecule has 2 aromatic heterocycles. The van der Waals surface area contributed by atoms with Gasteiger partial charge in [-0.15, -0.1) is 0 Å². The molecule has 0 spiro atoms. The maximum Gasteiger partial charge on any atom is 0.217 e. The SMILES string of the molecule is CC1(N)COC(c2nc(-c3ccc(F)cc3)c(-c3ccnc(-c4ccccc4)n3)[nH]2)OC1. The first kappa shape index (κ1) is 20.4. The predicted octanol–water partition coefficient (Wildman–Crippen LogP) is 4.10. The minimum atomic E-state index is -0.685. The first-order valence-electron chi connectivity index (χ1n) is 10.3. The summed E-state index contributed by atoms with van der Waals surface area (Å²) in [5.74, 6) is 0.767. The summed E-state index contributed by atoms with van der Waals surface area (Å²) in [5, 5.41) is 0. The van der Waals surface area contributed by atoms with E-state index in [2.05, 4.69) is 9.97 Å². The van der Waals surface area contributed by atoms with Crippen LogP contribution < -0.4 is 5.73 Å². The van der Waals surface area contributed by atoms with Gasteiger partial charge in [0.25, 0.3) is 0 Å². The van der Waals surface area contributed by atoms with E-state index in [-0.39, 0.29) is 5.82 Å².